The number of piperazine rings is 1. The molecule has 0 spiro atoms. The van der Waals surface area contributed by atoms with Crippen LogP contribution in [0.15, 0.2) is 57.9 Å². The lowest BCUT2D eigenvalue weighted by Gasteiger charge is -2.36. The maximum absolute atomic E-state index is 12.9. The molecule has 1 saturated heterocycles. The van der Waals surface area contributed by atoms with Crippen LogP contribution < -0.4 is 10.3 Å². The van der Waals surface area contributed by atoms with Crippen LogP contribution in [0.4, 0.5) is 18.9 Å². The summed E-state index contributed by atoms with van der Waals surface area (Å²) in [5, 5.41) is 0.574. The van der Waals surface area contributed by atoms with Crippen molar-refractivity contribution in [3.8, 4) is 0 Å². The first-order valence-electron chi connectivity index (χ1n) is 9.47. The Kier molecular flexibility index (Phi) is 5.08. The second kappa shape index (κ2) is 7.55. The molecule has 2 heterocycles. The van der Waals surface area contributed by atoms with E-state index < -0.39 is 11.7 Å². The largest absolute Gasteiger partial charge is 0.464 e. The number of aryl methyl sites for hydroxylation is 1. The van der Waals surface area contributed by atoms with Gasteiger partial charge in [0.2, 0.25) is 0 Å². The molecule has 0 amide bonds. The molecule has 1 aromatic heterocycles. The van der Waals surface area contributed by atoms with Gasteiger partial charge in [0.15, 0.2) is 5.43 Å². The van der Waals surface area contributed by atoms with Crippen LogP contribution in [-0.4, -0.2) is 31.1 Å². The molecule has 1 fully saturated rings. The lowest BCUT2D eigenvalue weighted by molar-refractivity contribution is -0.137. The fraction of sp³-hybridized carbons (Fsp3) is 0.318. The summed E-state index contributed by atoms with van der Waals surface area (Å²) in [6.45, 7) is 4.89. The van der Waals surface area contributed by atoms with Crippen LogP contribution in [0, 0.1) is 6.92 Å². The molecule has 1 aliphatic heterocycles. The lowest BCUT2D eigenvalue weighted by atomic mass is 10.1. The summed E-state index contributed by atoms with van der Waals surface area (Å²) < 4.78 is 44.5. The predicted octanol–water partition coefficient (Wildman–Crippen LogP) is 4.44. The summed E-state index contributed by atoms with van der Waals surface area (Å²) in [4.78, 5) is 16.8. The van der Waals surface area contributed by atoms with Crippen molar-refractivity contribution in [1.29, 1.82) is 0 Å². The highest BCUT2D eigenvalue weighted by Gasteiger charge is 2.31. The van der Waals surface area contributed by atoms with Gasteiger partial charge in [-0.05, 0) is 37.3 Å². The molecule has 152 valence electrons. The molecule has 0 atom stereocenters. The normalized spacial score (nSPS) is 15.8. The van der Waals surface area contributed by atoms with Gasteiger partial charge in [0, 0.05) is 44.0 Å². The zero-order chi connectivity index (χ0) is 20.6. The van der Waals surface area contributed by atoms with Gasteiger partial charge < -0.3 is 9.32 Å². The number of alkyl halides is 3. The summed E-state index contributed by atoms with van der Waals surface area (Å²) in [6.07, 6.45) is -2.83. The van der Waals surface area contributed by atoms with Gasteiger partial charge in [-0.2, -0.15) is 13.2 Å². The van der Waals surface area contributed by atoms with Gasteiger partial charge in [-0.25, -0.2) is 0 Å². The highest BCUT2D eigenvalue weighted by atomic mass is 19.4. The van der Waals surface area contributed by atoms with Crippen molar-refractivity contribution >= 4 is 16.7 Å². The standard InChI is InChI=1S/C22H21F3N2O2/c1-15-5-6-20-19(11-15)21(28)16(14-29-20)13-26-7-9-27(10-8-26)18-4-2-3-17(12-18)22(23,24)25/h2-6,11-12,14H,7-10,13H2,1H3. The van der Waals surface area contributed by atoms with Crippen LogP contribution in [0.2, 0.25) is 0 Å². The molecule has 1 aliphatic rings. The number of nitrogens with zero attached hydrogens (tertiary/aromatic N) is 2. The first-order chi connectivity index (χ1) is 13.8. The third-order valence-corrected chi connectivity index (χ3v) is 5.30. The van der Waals surface area contributed by atoms with Crippen LogP contribution in [0.3, 0.4) is 0 Å². The van der Waals surface area contributed by atoms with E-state index in [9.17, 15) is 18.0 Å². The minimum atomic E-state index is -4.35. The SMILES string of the molecule is Cc1ccc2occ(CN3CCN(c4cccc(C(F)(F)F)c4)CC3)c(=O)c2c1. The van der Waals surface area contributed by atoms with E-state index in [4.69, 9.17) is 4.42 Å². The minimum absolute atomic E-state index is 0.0322. The predicted molar refractivity (Wildman–Crippen MR) is 106 cm³/mol. The smallest absolute Gasteiger partial charge is 0.416 e. The number of anilines is 1. The summed E-state index contributed by atoms with van der Waals surface area (Å²) in [5.74, 6) is 0. The Morgan fingerprint density at radius 3 is 2.52 bits per heavy atom. The first-order valence-corrected chi connectivity index (χ1v) is 9.47. The Bertz CT molecular complexity index is 1080. The highest BCUT2D eigenvalue weighted by molar-refractivity contribution is 5.77. The average molecular weight is 402 g/mol. The molecular formula is C22H21F3N2O2. The molecule has 0 N–H and O–H groups in total. The van der Waals surface area contributed by atoms with Gasteiger partial charge in [-0.3, -0.25) is 9.69 Å². The molecule has 0 aliphatic carbocycles. The molecule has 0 bridgehead atoms. The van der Waals surface area contributed by atoms with Crippen LogP contribution in [0.1, 0.15) is 16.7 Å². The molecule has 0 radical (unpaired) electrons. The summed E-state index contributed by atoms with van der Waals surface area (Å²) in [6, 6.07) is 10.9. The van der Waals surface area contributed by atoms with E-state index in [-0.39, 0.29) is 5.43 Å². The third kappa shape index (κ3) is 4.15. The van der Waals surface area contributed by atoms with Crippen molar-refractivity contribution in [3.63, 3.8) is 0 Å². The molecule has 3 aromatic rings. The van der Waals surface area contributed by atoms with Gasteiger partial charge in [0.05, 0.1) is 17.2 Å². The molecule has 2 aromatic carbocycles. The summed E-state index contributed by atoms with van der Waals surface area (Å²) >= 11 is 0. The average Bonchev–Trinajstić information content (AvgIpc) is 2.70. The number of benzene rings is 2. The molecule has 0 saturated carbocycles. The zero-order valence-electron chi connectivity index (χ0n) is 16.0. The molecular weight excluding hydrogens is 381 g/mol. The topological polar surface area (TPSA) is 36.7 Å². The Hall–Kier alpha value is -2.80. The fourth-order valence-corrected chi connectivity index (χ4v) is 3.68. The van der Waals surface area contributed by atoms with Crippen molar-refractivity contribution in [2.45, 2.75) is 19.6 Å². The number of hydrogen-bond donors (Lipinski definition) is 0. The van der Waals surface area contributed by atoms with E-state index in [0.29, 0.717) is 54.9 Å². The molecule has 4 nitrogen and oxygen atoms in total. The van der Waals surface area contributed by atoms with Crippen molar-refractivity contribution in [1.82, 2.24) is 4.90 Å². The highest BCUT2D eigenvalue weighted by Crippen LogP contribution is 2.32. The van der Waals surface area contributed by atoms with E-state index in [1.165, 1.54) is 18.4 Å². The van der Waals surface area contributed by atoms with Crippen LogP contribution in [0.25, 0.3) is 11.0 Å². The maximum Gasteiger partial charge on any atom is 0.416 e. The van der Waals surface area contributed by atoms with Crippen LogP contribution in [-0.2, 0) is 12.7 Å². The Morgan fingerprint density at radius 2 is 1.79 bits per heavy atom. The van der Waals surface area contributed by atoms with E-state index in [1.54, 1.807) is 12.1 Å². The second-order valence-corrected chi connectivity index (χ2v) is 7.40. The van der Waals surface area contributed by atoms with Gasteiger partial charge in [0.25, 0.3) is 0 Å². The van der Waals surface area contributed by atoms with E-state index in [1.807, 2.05) is 24.0 Å². The number of hydrogen-bond acceptors (Lipinski definition) is 4. The van der Waals surface area contributed by atoms with Crippen LogP contribution >= 0.6 is 0 Å². The maximum atomic E-state index is 12.9. The van der Waals surface area contributed by atoms with Crippen molar-refractivity contribution in [3.05, 3.63) is 75.6 Å². The van der Waals surface area contributed by atoms with Gasteiger partial charge in [-0.1, -0.05) is 17.7 Å². The van der Waals surface area contributed by atoms with Crippen molar-refractivity contribution < 1.29 is 17.6 Å². The Labute approximate surface area is 166 Å². The molecule has 7 heteroatoms. The van der Waals surface area contributed by atoms with Gasteiger partial charge >= 0.3 is 6.18 Å². The monoisotopic (exact) mass is 402 g/mol. The number of rotatable bonds is 3. The van der Waals surface area contributed by atoms with Gasteiger partial charge in [0.1, 0.15) is 5.58 Å². The van der Waals surface area contributed by atoms with E-state index >= 15 is 0 Å². The van der Waals surface area contributed by atoms with Crippen LogP contribution in [0.5, 0.6) is 0 Å². The lowest BCUT2D eigenvalue weighted by Crippen LogP contribution is -2.46. The quantitative estimate of drug-likeness (QED) is 0.649. The molecule has 0 unspecified atom stereocenters. The minimum Gasteiger partial charge on any atom is -0.464 e. The summed E-state index contributed by atoms with van der Waals surface area (Å²) in [7, 11) is 0. The first kappa shape index (κ1) is 19.5. The van der Waals surface area contributed by atoms with Crippen molar-refractivity contribution in [2.24, 2.45) is 0 Å². The fourth-order valence-electron chi connectivity index (χ4n) is 3.68. The Morgan fingerprint density at radius 1 is 1.03 bits per heavy atom. The van der Waals surface area contributed by atoms with E-state index in [0.717, 1.165) is 11.6 Å². The zero-order valence-corrected chi connectivity index (χ0v) is 16.0. The summed E-state index contributed by atoms with van der Waals surface area (Å²) in [5.41, 5.74) is 2.06. The van der Waals surface area contributed by atoms with Gasteiger partial charge in [-0.15, -0.1) is 0 Å². The number of halogens is 3. The third-order valence-electron chi connectivity index (χ3n) is 5.30. The van der Waals surface area contributed by atoms with E-state index in [2.05, 4.69) is 4.90 Å². The Balaban J connectivity index is 1.45. The van der Waals surface area contributed by atoms with Crippen molar-refractivity contribution in [2.75, 3.05) is 31.1 Å². The molecule has 29 heavy (non-hydrogen) atoms. The molecule has 4 rings (SSSR count). The number of fused-ring (bicyclic) bond motifs is 1. The second-order valence-electron chi connectivity index (χ2n) is 7.40.